The van der Waals surface area contributed by atoms with Crippen LogP contribution in [-0.2, 0) is 14.3 Å². The van der Waals surface area contributed by atoms with Crippen LogP contribution in [0, 0.1) is 18.8 Å². The van der Waals surface area contributed by atoms with E-state index in [0.717, 1.165) is 18.4 Å². The second-order valence-electron chi connectivity index (χ2n) is 10.0. The molecule has 3 amide bonds. The minimum atomic E-state index is -0.439. The summed E-state index contributed by atoms with van der Waals surface area (Å²) in [6, 6.07) is 9.35. The number of hydrogen-bond acceptors (Lipinski definition) is 7. The van der Waals surface area contributed by atoms with Crippen LogP contribution >= 0.6 is 0 Å². The average molecular weight is 511 g/mol. The molecule has 10 heteroatoms. The molecule has 0 radical (unpaired) electrons. The molecule has 3 aliphatic rings. The molecule has 1 aromatic carbocycles. The Bertz CT molecular complexity index is 1130. The van der Waals surface area contributed by atoms with Gasteiger partial charge in [-0.05, 0) is 43.9 Å². The Morgan fingerprint density at radius 1 is 1.03 bits per heavy atom. The highest BCUT2D eigenvalue weighted by Gasteiger charge is 2.41. The molecular weight excluding hydrogens is 476 g/mol. The molecule has 3 aliphatic heterocycles. The van der Waals surface area contributed by atoms with Crippen molar-refractivity contribution in [2.24, 2.45) is 11.8 Å². The van der Waals surface area contributed by atoms with Crippen LogP contribution in [0.4, 0.5) is 0 Å². The standard InChI is InChI=1S/C27H34N4O6/c1-18-14-24(37-29-18)27(34)31-16-22-20-4-2-5-21(15-20)36-11-3-9-30(10-8-28-25(32)23(22)17-31)26(33)19-6-12-35-13-7-19/h2,4-5,14-15,19,22-23H,3,6-13,16-17H2,1H3,(H,28,32)/t22-,23+/m1/s1. The number of rotatable bonds is 2. The van der Waals surface area contributed by atoms with Crippen LogP contribution in [-0.4, -0.2) is 85.2 Å². The van der Waals surface area contributed by atoms with Gasteiger partial charge in [-0.15, -0.1) is 0 Å². The van der Waals surface area contributed by atoms with Gasteiger partial charge in [0.1, 0.15) is 5.75 Å². The highest BCUT2D eigenvalue weighted by molar-refractivity contribution is 5.93. The number of amides is 3. The predicted octanol–water partition coefficient (Wildman–Crippen LogP) is 1.99. The van der Waals surface area contributed by atoms with Crippen LogP contribution in [0.15, 0.2) is 34.9 Å². The van der Waals surface area contributed by atoms with E-state index in [-0.39, 0.29) is 41.9 Å². The highest BCUT2D eigenvalue weighted by atomic mass is 16.5. The monoisotopic (exact) mass is 510 g/mol. The van der Waals surface area contributed by atoms with Crippen molar-refractivity contribution >= 4 is 17.7 Å². The number of ether oxygens (including phenoxy) is 2. The van der Waals surface area contributed by atoms with Gasteiger partial charge >= 0.3 is 0 Å². The molecule has 0 spiro atoms. The normalized spacial score (nSPS) is 23.5. The summed E-state index contributed by atoms with van der Waals surface area (Å²) in [6.45, 7) is 5.46. The van der Waals surface area contributed by atoms with E-state index >= 15 is 0 Å². The quantitative estimate of drug-likeness (QED) is 0.657. The summed E-state index contributed by atoms with van der Waals surface area (Å²) in [5, 5.41) is 6.87. The van der Waals surface area contributed by atoms with Gasteiger partial charge in [0, 0.05) is 63.8 Å². The summed E-state index contributed by atoms with van der Waals surface area (Å²) in [6.07, 6.45) is 2.14. The van der Waals surface area contributed by atoms with Gasteiger partial charge in [-0.2, -0.15) is 0 Å². The summed E-state index contributed by atoms with van der Waals surface area (Å²) in [7, 11) is 0. The summed E-state index contributed by atoms with van der Waals surface area (Å²) >= 11 is 0. The average Bonchev–Trinajstić information content (AvgIpc) is 3.56. The lowest BCUT2D eigenvalue weighted by molar-refractivity contribution is -0.139. The molecule has 0 unspecified atom stereocenters. The van der Waals surface area contributed by atoms with Crippen molar-refractivity contribution in [1.82, 2.24) is 20.3 Å². The zero-order valence-corrected chi connectivity index (χ0v) is 21.2. The van der Waals surface area contributed by atoms with Crippen LogP contribution < -0.4 is 10.1 Å². The number of nitrogens with zero attached hydrogens (tertiary/aromatic N) is 3. The van der Waals surface area contributed by atoms with Gasteiger partial charge in [0.15, 0.2) is 0 Å². The Kier molecular flexibility index (Phi) is 7.73. The molecule has 37 heavy (non-hydrogen) atoms. The fourth-order valence-electron chi connectivity index (χ4n) is 5.45. The number of benzene rings is 1. The zero-order chi connectivity index (χ0) is 25.8. The maximum absolute atomic E-state index is 13.4. The molecule has 2 atom stereocenters. The summed E-state index contributed by atoms with van der Waals surface area (Å²) in [4.78, 5) is 43.2. The van der Waals surface area contributed by atoms with Gasteiger partial charge < -0.3 is 29.1 Å². The van der Waals surface area contributed by atoms with Crippen molar-refractivity contribution in [2.45, 2.75) is 32.1 Å². The number of carbonyl (C=O) groups excluding carboxylic acids is 3. The molecule has 0 aliphatic carbocycles. The molecule has 0 saturated carbocycles. The maximum atomic E-state index is 13.4. The first-order chi connectivity index (χ1) is 18.0. The number of fused-ring (bicyclic) bond motifs is 4. The summed E-state index contributed by atoms with van der Waals surface area (Å²) in [5.74, 6) is -0.0845. The van der Waals surface area contributed by atoms with Gasteiger partial charge in [-0.3, -0.25) is 14.4 Å². The Morgan fingerprint density at radius 3 is 2.62 bits per heavy atom. The molecule has 1 N–H and O–H groups in total. The predicted molar refractivity (Wildman–Crippen MR) is 133 cm³/mol. The minimum Gasteiger partial charge on any atom is -0.494 e. The number of likely N-dealkylation sites (tertiary alicyclic amines) is 1. The first-order valence-corrected chi connectivity index (χ1v) is 13.1. The van der Waals surface area contributed by atoms with Gasteiger partial charge in [0.05, 0.1) is 18.2 Å². The molecule has 2 saturated heterocycles. The first kappa shape index (κ1) is 25.3. The molecule has 2 fully saturated rings. The number of nitrogens with one attached hydrogen (secondary N) is 1. The van der Waals surface area contributed by atoms with E-state index in [9.17, 15) is 14.4 Å². The Hall–Kier alpha value is -3.40. The van der Waals surface area contributed by atoms with E-state index in [0.29, 0.717) is 63.9 Å². The van der Waals surface area contributed by atoms with Gasteiger partial charge in [-0.1, -0.05) is 17.3 Å². The van der Waals surface area contributed by atoms with E-state index in [1.807, 2.05) is 29.2 Å². The molecule has 5 rings (SSSR count). The van der Waals surface area contributed by atoms with E-state index in [1.54, 1.807) is 17.9 Å². The topological polar surface area (TPSA) is 114 Å². The lowest BCUT2D eigenvalue weighted by Crippen LogP contribution is -2.45. The molecule has 1 aromatic heterocycles. The van der Waals surface area contributed by atoms with Crippen molar-refractivity contribution in [3.8, 4) is 5.75 Å². The Labute approximate surface area is 216 Å². The minimum absolute atomic E-state index is 0.0422. The zero-order valence-electron chi connectivity index (χ0n) is 21.2. The molecule has 10 nitrogen and oxygen atoms in total. The molecule has 198 valence electrons. The summed E-state index contributed by atoms with van der Waals surface area (Å²) < 4.78 is 16.6. The Balaban J connectivity index is 1.35. The van der Waals surface area contributed by atoms with Crippen molar-refractivity contribution in [2.75, 3.05) is 52.5 Å². The third kappa shape index (κ3) is 5.79. The highest BCUT2D eigenvalue weighted by Crippen LogP contribution is 2.35. The van der Waals surface area contributed by atoms with Crippen molar-refractivity contribution in [1.29, 1.82) is 0 Å². The second-order valence-corrected chi connectivity index (χ2v) is 10.0. The summed E-state index contributed by atoms with van der Waals surface area (Å²) in [5.41, 5.74) is 1.58. The lowest BCUT2D eigenvalue weighted by atomic mass is 9.88. The fourth-order valence-corrected chi connectivity index (χ4v) is 5.45. The number of aromatic nitrogens is 1. The van der Waals surface area contributed by atoms with Gasteiger partial charge in [0.2, 0.25) is 17.6 Å². The first-order valence-electron chi connectivity index (χ1n) is 13.1. The van der Waals surface area contributed by atoms with Crippen LogP contribution in [0.25, 0.3) is 0 Å². The lowest BCUT2D eigenvalue weighted by Gasteiger charge is -2.30. The molecule has 2 bridgehead atoms. The van der Waals surface area contributed by atoms with Crippen molar-refractivity contribution < 1.29 is 28.4 Å². The van der Waals surface area contributed by atoms with Crippen LogP contribution in [0.2, 0.25) is 0 Å². The third-order valence-corrected chi connectivity index (χ3v) is 7.47. The van der Waals surface area contributed by atoms with E-state index in [2.05, 4.69) is 10.5 Å². The third-order valence-electron chi connectivity index (χ3n) is 7.47. The van der Waals surface area contributed by atoms with Crippen LogP contribution in [0.5, 0.6) is 5.75 Å². The van der Waals surface area contributed by atoms with Gasteiger partial charge in [0.25, 0.3) is 5.91 Å². The van der Waals surface area contributed by atoms with Crippen molar-refractivity contribution in [3.63, 3.8) is 0 Å². The van der Waals surface area contributed by atoms with Crippen molar-refractivity contribution in [3.05, 3.63) is 47.3 Å². The van der Waals surface area contributed by atoms with E-state index in [4.69, 9.17) is 14.0 Å². The largest absolute Gasteiger partial charge is 0.494 e. The van der Waals surface area contributed by atoms with E-state index in [1.165, 1.54) is 0 Å². The number of aryl methyl sites for hydroxylation is 1. The maximum Gasteiger partial charge on any atom is 0.292 e. The van der Waals surface area contributed by atoms with E-state index < -0.39 is 5.92 Å². The smallest absolute Gasteiger partial charge is 0.292 e. The van der Waals surface area contributed by atoms with Crippen LogP contribution in [0.1, 0.15) is 47.0 Å². The number of carbonyl (C=O) groups is 3. The van der Waals surface area contributed by atoms with Crippen LogP contribution in [0.3, 0.4) is 0 Å². The Morgan fingerprint density at radius 2 is 1.84 bits per heavy atom. The SMILES string of the molecule is Cc1cc(C(=O)N2C[C@@H]3C(=O)NCCN(C(=O)C4CCOCC4)CCCOc4cccc(c4)[C@H]3C2)on1. The molecule has 2 aromatic rings. The number of hydrogen-bond donors (Lipinski definition) is 1. The second kappa shape index (κ2) is 11.3. The van der Waals surface area contributed by atoms with Gasteiger partial charge in [-0.25, -0.2) is 0 Å². The molecular formula is C27H34N4O6. The molecule has 4 heterocycles. The fraction of sp³-hybridized carbons (Fsp3) is 0.556.